The Morgan fingerprint density at radius 1 is 1.21 bits per heavy atom. The average Bonchev–Trinajstić information content (AvgIpc) is 3.09. The van der Waals surface area contributed by atoms with Gasteiger partial charge in [-0.05, 0) is 17.7 Å². The minimum absolute atomic E-state index is 0.00213. The van der Waals surface area contributed by atoms with E-state index < -0.39 is 15.8 Å². The fraction of sp³-hybridized carbons (Fsp3) is 0.188. The lowest BCUT2D eigenvalue weighted by Crippen LogP contribution is -2.12. The molecule has 12 heteroatoms. The van der Waals surface area contributed by atoms with Crippen molar-refractivity contribution in [3.8, 4) is 0 Å². The molecule has 0 bridgehead atoms. The highest BCUT2D eigenvalue weighted by atomic mass is 32.2. The molecule has 2 heterocycles. The molecule has 3 aromatic rings. The van der Waals surface area contributed by atoms with Gasteiger partial charge in [-0.1, -0.05) is 12.1 Å². The second-order valence-corrected chi connectivity index (χ2v) is 7.33. The number of halogens is 1. The standard InChI is InChI=1S/C16H18FN7O3S/c17-14-9-20-16(22-12-8-21-24(10-12)5-6-25)23-15(14)19-7-11-1-3-13(4-2-11)28(18,26)27/h1-4,8-10,25H,5-7H2,(H2,18,26,27)(H2,19,20,22,23). The van der Waals surface area contributed by atoms with Crippen LogP contribution in [0.25, 0.3) is 0 Å². The van der Waals surface area contributed by atoms with Crippen molar-refractivity contribution in [3.05, 3.63) is 54.2 Å². The molecule has 0 saturated heterocycles. The predicted octanol–water partition coefficient (Wildman–Crippen LogP) is 0.808. The van der Waals surface area contributed by atoms with Crippen molar-refractivity contribution in [2.45, 2.75) is 18.0 Å². The molecule has 5 N–H and O–H groups in total. The minimum Gasteiger partial charge on any atom is -0.394 e. The van der Waals surface area contributed by atoms with Crippen molar-refractivity contribution in [1.29, 1.82) is 0 Å². The minimum atomic E-state index is -3.76. The molecule has 0 fully saturated rings. The second kappa shape index (κ2) is 8.29. The number of anilines is 3. The molecule has 0 aliphatic carbocycles. The fourth-order valence-corrected chi connectivity index (χ4v) is 2.83. The SMILES string of the molecule is NS(=O)(=O)c1ccc(CNc2nc(Nc3cnn(CCO)c3)ncc2F)cc1. The van der Waals surface area contributed by atoms with E-state index in [1.807, 2.05) is 0 Å². The average molecular weight is 407 g/mol. The number of primary sulfonamides is 1. The van der Waals surface area contributed by atoms with Gasteiger partial charge in [-0.25, -0.2) is 22.9 Å². The largest absolute Gasteiger partial charge is 0.394 e. The van der Waals surface area contributed by atoms with Crippen molar-refractivity contribution >= 4 is 27.5 Å². The van der Waals surface area contributed by atoms with E-state index in [0.717, 1.165) is 6.20 Å². The molecule has 0 aliphatic heterocycles. The van der Waals surface area contributed by atoms with Gasteiger partial charge in [0.25, 0.3) is 0 Å². The van der Waals surface area contributed by atoms with Crippen LogP contribution in [0.4, 0.5) is 21.8 Å². The Balaban J connectivity index is 1.67. The highest BCUT2D eigenvalue weighted by molar-refractivity contribution is 7.89. The molecular formula is C16H18FN7O3S. The number of nitrogens with zero attached hydrogens (tertiary/aromatic N) is 4. The number of aliphatic hydroxyl groups excluding tert-OH is 1. The van der Waals surface area contributed by atoms with Gasteiger partial charge in [-0.3, -0.25) is 4.68 Å². The molecule has 3 rings (SSSR count). The lowest BCUT2D eigenvalue weighted by molar-refractivity contribution is 0.269. The number of sulfonamides is 1. The van der Waals surface area contributed by atoms with E-state index in [2.05, 4.69) is 25.7 Å². The number of benzene rings is 1. The number of rotatable bonds is 8. The molecule has 148 valence electrons. The number of aromatic nitrogens is 4. The summed E-state index contributed by atoms with van der Waals surface area (Å²) < 4.78 is 38.0. The van der Waals surface area contributed by atoms with Gasteiger partial charge in [0.1, 0.15) is 0 Å². The van der Waals surface area contributed by atoms with E-state index in [1.54, 1.807) is 18.3 Å². The van der Waals surface area contributed by atoms with Crippen LogP contribution in [0.3, 0.4) is 0 Å². The summed E-state index contributed by atoms with van der Waals surface area (Å²) in [7, 11) is -3.76. The summed E-state index contributed by atoms with van der Waals surface area (Å²) in [5, 5.41) is 23.7. The molecule has 0 aliphatic rings. The zero-order chi connectivity index (χ0) is 20.1. The molecule has 0 amide bonds. The van der Waals surface area contributed by atoms with E-state index in [-0.39, 0.29) is 29.8 Å². The summed E-state index contributed by atoms with van der Waals surface area (Å²) in [5.41, 5.74) is 1.30. The molecule has 0 radical (unpaired) electrons. The van der Waals surface area contributed by atoms with E-state index in [9.17, 15) is 12.8 Å². The summed E-state index contributed by atoms with van der Waals surface area (Å²) in [6.07, 6.45) is 4.21. The molecule has 28 heavy (non-hydrogen) atoms. The number of nitrogens with one attached hydrogen (secondary N) is 2. The van der Waals surface area contributed by atoms with Gasteiger partial charge in [0, 0.05) is 12.7 Å². The Morgan fingerprint density at radius 3 is 2.64 bits per heavy atom. The number of hydrogen-bond acceptors (Lipinski definition) is 8. The third kappa shape index (κ3) is 5.00. The normalized spacial score (nSPS) is 11.4. The van der Waals surface area contributed by atoms with Crippen LogP contribution in [0.2, 0.25) is 0 Å². The van der Waals surface area contributed by atoms with Crippen molar-refractivity contribution in [2.24, 2.45) is 5.14 Å². The zero-order valence-electron chi connectivity index (χ0n) is 14.6. The number of hydrogen-bond donors (Lipinski definition) is 4. The first-order chi connectivity index (χ1) is 13.3. The topological polar surface area (TPSA) is 148 Å². The maximum absolute atomic E-state index is 14.0. The van der Waals surface area contributed by atoms with Gasteiger partial charge < -0.3 is 15.7 Å². The van der Waals surface area contributed by atoms with Gasteiger partial charge in [0.05, 0.1) is 36.1 Å². The number of aliphatic hydroxyl groups is 1. The quantitative estimate of drug-likeness (QED) is 0.429. The van der Waals surface area contributed by atoms with Crippen LogP contribution in [0.5, 0.6) is 0 Å². The highest BCUT2D eigenvalue weighted by Crippen LogP contribution is 2.17. The van der Waals surface area contributed by atoms with Crippen LogP contribution >= 0.6 is 0 Å². The van der Waals surface area contributed by atoms with Crippen LogP contribution in [-0.2, 0) is 23.1 Å². The first kappa shape index (κ1) is 19.7. The van der Waals surface area contributed by atoms with Crippen molar-refractivity contribution in [1.82, 2.24) is 19.7 Å². The Kier molecular flexibility index (Phi) is 5.82. The third-order valence-corrected chi connectivity index (χ3v) is 4.60. The van der Waals surface area contributed by atoms with Crippen LogP contribution in [-0.4, -0.2) is 39.9 Å². The molecule has 10 nitrogen and oxygen atoms in total. The van der Waals surface area contributed by atoms with Gasteiger partial charge in [-0.2, -0.15) is 10.1 Å². The molecule has 1 aromatic carbocycles. The third-order valence-electron chi connectivity index (χ3n) is 3.67. The maximum Gasteiger partial charge on any atom is 0.238 e. The first-order valence-electron chi connectivity index (χ1n) is 8.13. The van der Waals surface area contributed by atoms with Gasteiger partial charge in [0.2, 0.25) is 16.0 Å². The van der Waals surface area contributed by atoms with Crippen LogP contribution in [0, 0.1) is 5.82 Å². The smallest absolute Gasteiger partial charge is 0.238 e. The van der Waals surface area contributed by atoms with Crippen molar-refractivity contribution < 1.29 is 17.9 Å². The first-order valence-corrected chi connectivity index (χ1v) is 9.68. The van der Waals surface area contributed by atoms with E-state index in [0.29, 0.717) is 17.8 Å². The van der Waals surface area contributed by atoms with E-state index in [4.69, 9.17) is 10.2 Å². The lowest BCUT2D eigenvalue weighted by atomic mass is 10.2. The maximum atomic E-state index is 14.0. The Hall–Kier alpha value is -3.09. The summed E-state index contributed by atoms with van der Waals surface area (Å²) >= 11 is 0. The molecule has 0 unspecified atom stereocenters. The van der Waals surface area contributed by atoms with Crippen LogP contribution in [0.15, 0.2) is 47.8 Å². The molecule has 2 aromatic heterocycles. The Morgan fingerprint density at radius 2 is 1.96 bits per heavy atom. The predicted molar refractivity (Wildman–Crippen MR) is 99.7 cm³/mol. The van der Waals surface area contributed by atoms with Crippen molar-refractivity contribution in [3.63, 3.8) is 0 Å². The molecule has 0 atom stereocenters. The van der Waals surface area contributed by atoms with E-state index in [1.165, 1.54) is 23.0 Å². The molecule has 0 saturated carbocycles. The van der Waals surface area contributed by atoms with Gasteiger partial charge in [0.15, 0.2) is 11.6 Å². The molecule has 0 spiro atoms. The van der Waals surface area contributed by atoms with Gasteiger partial charge >= 0.3 is 0 Å². The lowest BCUT2D eigenvalue weighted by Gasteiger charge is -2.09. The monoisotopic (exact) mass is 407 g/mol. The second-order valence-electron chi connectivity index (χ2n) is 5.77. The fourth-order valence-electron chi connectivity index (χ4n) is 2.32. The number of nitrogens with two attached hydrogens (primary N) is 1. The highest BCUT2D eigenvalue weighted by Gasteiger charge is 2.10. The zero-order valence-corrected chi connectivity index (χ0v) is 15.4. The summed E-state index contributed by atoms with van der Waals surface area (Å²) in [6.45, 7) is 0.524. The van der Waals surface area contributed by atoms with Crippen LogP contribution < -0.4 is 15.8 Å². The molecular weight excluding hydrogens is 389 g/mol. The Bertz CT molecular complexity index is 1050. The van der Waals surface area contributed by atoms with Crippen LogP contribution in [0.1, 0.15) is 5.56 Å². The van der Waals surface area contributed by atoms with Crippen molar-refractivity contribution in [2.75, 3.05) is 17.2 Å². The van der Waals surface area contributed by atoms with Gasteiger partial charge in [-0.15, -0.1) is 0 Å². The summed E-state index contributed by atoms with van der Waals surface area (Å²) in [6, 6.07) is 5.89. The Labute approximate surface area is 160 Å². The summed E-state index contributed by atoms with van der Waals surface area (Å²) in [5.74, 6) is -0.490. The summed E-state index contributed by atoms with van der Waals surface area (Å²) in [4.78, 5) is 7.96. The van der Waals surface area contributed by atoms with E-state index >= 15 is 0 Å².